The third-order valence-electron chi connectivity index (χ3n) is 3.49. The average Bonchev–Trinajstić information content (AvgIpc) is 3.20. The Hall–Kier alpha value is -2.83. The summed E-state index contributed by atoms with van der Waals surface area (Å²) in [7, 11) is 0. The molecule has 1 aliphatic rings. The van der Waals surface area contributed by atoms with Crippen LogP contribution in [0.15, 0.2) is 42.7 Å². The van der Waals surface area contributed by atoms with E-state index in [0.29, 0.717) is 31.7 Å². The number of carbonyl (C=O) groups excluding carboxylic acids is 2. The van der Waals surface area contributed by atoms with Crippen molar-refractivity contribution in [1.29, 1.82) is 0 Å². The van der Waals surface area contributed by atoms with Gasteiger partial charge < -0.3 is 15.5 Å². The standard InChI is InChI=1S/C15H17N5O2/c21-14(16-6-9-19-10-7-17-15(19)22)12-3-1-4-13(11-12)20-8-2-5-18-20/h1-5,8,11H,6-7,9-10H2,(H,16,21)(H,17,22). The summed E-state index contributed by atoms with van der Waals surface area (Å²) in [6.45, 7) is 2.29. The first-order valence-electron chi connectivity index (χ1n) is 7.15. The lowest BCUT2D eigenvalue weighted by molar-refractivity contribution is 0.0950. The van der Waals surface area contributed by atoms with Crippen molar-refractivity contribution in [1.82, 2.24) is 25.3 Å². The normalized spacial score (nSPS) is 14.0. The third-order valence-corrected chi connectivity index (χ3v) is 3.49. The van der Waals surface area contributed by atoms with Crippen LogP contribution in [0.1, 0.15) is 10.4 Å². The Kier molecular flexibility index (Phi) is 4.04. The van der Waals surface area contributed by atoms with Gasteiger partial charge in [-0.1, -0.05) is 6.07 Å². The smallest absolute Gasteiger partial charge is 0.317 e. The molecule has 22 heavy (non-hydrogen) atoms. The zero-order chi connectivity index (χ0) is 15.4. The first-order chi connectivity index (χ1) is 10.7. The molecular formula is C15H17N5O2. The number of carbonyl (C=O) groups is 2. The molecular weight excluding hydrogens is 282 g/mol. The van der Waals surface area contributed by atoms with Crippen molar-refractivity contribution in [3.63, 3.8) is 0 Å². The van der Waals surface area contributed by atoms with E-state index in [1.807, 2.05) is 24.4 Å². The molecule has 0 atom stereocenters. The second-order valence-corrected chi connectivity index (χ2v) is 4.98. The molecule has 1 aromatic heterocycles. The Bertz CT molecular complexity index is 668. The minimum Gasteiger partial charge on any atom is -0.350 e. The first-order valence-corrected chi connectivity index (χ1v) is 7.15. The number of rotatable bonds is 5. The van der Waals surface area contributed by atoms with Crippen LogP contribution in [-0.4, -0.2) is 52.8 Å². The van der Waals surface area contributed by atoms with Crippen molar-refractivity contribution < 1.29 is 9.59 Å². The van der Waals surface area contributed by atoms with E-state index < -0.39 is 0 Å². The lowest BCUT2D eigenvalue weighted by atomic mass is 10.2. The predicted octanol–water partition coefficient (Wildman–Crippen LogP) is 0.627. The van der Waals surface area contributed by atoms with Crippen LogP contribution >= 0.6 is 0 Å². The molecule has 0 spiro atoms. The maximum Gasteiger partial charge on any atom is 0.317 e. The molecule has 3 amide bonds. The van der Waals surface area contributed by atoms with Gasteiger partial charge in [-0.3, -0.25) is 4.79 Å². The van der Waals surface area contributed by atoms with Crippen molar-refractivity contribution in [3.8, 4) is 5.69 Å². The summed E-state index contributed by atoms with van der Waals surface area (Å²) in [5.74, 6) is -0.159. The Morgan fingerprint density at radius 3 is 3.00 bits per heavy atom. The molecule has 7 nitrogen and oxygen atoms in total. The quantitative estimate of drug-likeness (QED) is 0.850. The van der Waals surface area contributed by atoms with E-state index in [2.05, 4.69) is 15.7 Å². The highest BCUT2D eigenvalue weighted by Gasteiger charge is 2.18. The molecule has 7 heteroatoms. The summed E-state index contributed by atoms with van der Waals surface area (Å²) < 4.78 is 1.70. The second-order valence-electron chi connectivity index (χ2n) is 4.98. The summed E-state index contributed by atoms with van der Waals surface area (Å²) in [6, 6.07) is 9.00. The Labute approximate surface area is 127 Å². The highest BCUT2D eigenvalue weighted by atomic mass is 16.2. The fourth-order valence-electron chi connectivity index (χ4n) is 2.34. The van der Waals surface area contributed by atoms with Crippen molar-refractivity contribution in [2.45, 2.75) is 0 Å². The number of nitrogens with zero attached hydrogens (tertiary/aromatic N) is 3. The van der Waals surface area contributed by atoms with E-state index >= 15 is 0 Å². The molecule has 0 aliphatic carbocycles. The first kappa shape index (κ1) is 14.1. The van der Waals surface area contributed by atoms with Crippen LogP contribution in [0.25, 0.3) is 5.69 Å². The lowest BCUT2D eigenvalue weighted by Crippen LogP contribution is -2.36. The topological polar surface area (TPSA) is 79.3 Å². The van der Waals surface area contributed by atoms with E-state index in [-0.39, 0.29) is 11.9 Å². The predicted molar refractivity (Wildman–Crippen MR) is 80.9 cm³/mol. The SMILES string of the molecule is O=C(NCCN1CCNC1=O)c1cccc(-n2cccn2)c1. The number of nitrogens with one attached hydrogen (secondary N) is 2. The monoisotopic (exact) mass is 299 g/mol. The maximum atomic E-state index is 12.2. The van der Waals surface area contributed by atoms with Crippen molar-refractivity contribution in [3.05, 3.63) is 48.3 Å². The van der Waals surface area contributed by atoms with Crippen LogP contribution < -0.4 is 10.6 Å². The van der Waals surface area contributed by atoms with Gasteiger partial charge in [0.2, 0.25) is 0 Å². The summed E-state index contributed by atoms with van der Waals surface area (Å²) in [5.41, 5.74) is 1.40. The summed E-state index contributed by atoms with van der Waals surface area (Å²) in [4.78, 5) is 25.2. The van der Waals surface area contributed by atoms with Crippen LogP contribution in [-0.2, 0) is 0 Å². The minimum absolute atomic E-state index is 0.0741. The highest BCUT2D eigenvalue weighted by molar-refractivity contribution is 5.94. The van der Waals surface area contributed by atoms with Gasteiger partial charge in [0.1, 0.15) is 0 Å². The summed E-state index contributed by atoms with van der Waals surface area (Å²) >= 11 is 0. The molecule has 0 bridgehead atoms. The summed E-state index contributed by atoms with van der Waals surface area (Å²) in [6.07, 6.45) is 3.51. The molecule has 114 valence electrons. The van der Waals surface area contributed by atoms with E-state index in [4.69, 9.17) is 0 Å². The largest absolute Gasteiger partial charge is 0.350 e. The van der Waals surface area contributed by atoms with Gasteiger partial charge in [0, 0.05) is 44.1 Å². The van der Waals surface area contributed by atoms with E-state index in [9.17, 15) is 9.59 Å². The van der Waals surface area contributed by atoms with Crippen LogP contribution in [0.5, 0.6) is 0 Å². The lowest BCUT2D eigenvalue weighted by Gasteiger charge is -2.14. The maximum absolute atomic E-state index is 12.2. The van der Waals surface area contributed by atoms with Gasteiger partial charge in [0.05, 0.1) is 5.69 Å². The third kappa shape index (κ3) is 3.08. The zero-order valence-corrected chi connectivity index (χ0v) is 12.0. The molecule has 3 rings (SSSR count). The number of urea groups is 1. The van der Waals surface area contributed by atoms with Gasteiger partial charge in [0.25, 0.3) is 5.91 Å². The number of hydrogen-bond acceptors (Lipinski definition) is 3. The van der Waals surface area contributed by atoms with Crippen molar-refractivity contribution in [2.24, 2.45) is 0 Å². The average molecular weight is 299 g/mol. The number of aromatic nitrogens is 2. The molecule has 2 heterocycles. The van der Waals surface area contributed by atoms with E-state index in [1.165, 1.54) is 0 Å². The molecule has 2 aromatic rings. The molecule has 1 aliphatic heterocycles. The molecule has 1 aromatic carbocycles. The van der Waals surface area contributed by atoms with Gasteiger partial charge in [0.15, 0.2) is 0 Å². The van der Waals surface area contributed by atoms with Crippen LogP contribution in [0, 0.1) is 0 Å². The Morgan fingerprint density at radius 2 is 2.27 bits per heavy atom. The van der Waals surface area contributed by atoms with Crippen molar-refractivity contribution >= 4 is 11.9 Å². The van der Waals surface area contributed by atoms with Crippen LogP contribution in [0.4, 0.5) is 4.79 Å². The molecule has 1 saturated heterocycles. The minimum atomic E-state index is -0.159. The number of hydrogen-bond donors (Lipinski definition) is 2. The van der Waals surface area contributed by atoms with Gasteiger partial charge in [-0.05, 0) is 24.3 Å². The van der Waals surface area contributed by atoms with Gasteiger partial charge in [-0.2, -0.15) is 5.10 Å². The Balaban J connectivity index is 1.58. The van der Waals surface area contributed by atoms with Crippen molar-refractivity contribution in [2.75, 3.05) is 26.2 Å². The van der Waals surface area contributed by atoms with Gasteiger partial charge in [-0.25, -0.2) is 9.48 Å². The molecule has 2 N–H and O–H groups in total. The molecule has 0 unspecified atom stereocenters. The fraction of sp³-hybridized carbons (Fsp3) is 0.267. The number of benzene rings is 1. The summed E-state index contributed by atoms with van der Waals surface area (Å²) in [5, 5.41) is 9.70. The van der Waals surface area contributed by atoms with Gasteiger partial charge >= 0.3 is 6.03 Å². The Morgan fingerprint density at radius 1 is 1.36 bits per heavy atom. The highest BCUT2D eigenvalue weighted by Crippen LogP contribution is 2.09. The number of amides is 3. The van der Waals surface area contributed by atoms with Gasteiger partial charge in [-0.15, -0.1) is 0 Å². The van der Waals surface area contributed by atoms with Crippen LogP contribution in [0.3, 0.4) is 0 Å². The van der Waals surface area contributed by atoms with E-state index in [1.54, 1.807) is 27.9 Å². The molecule has 0 saturated carbocycles. The second kappa shape index (κ2) is 6.30. The molecule has 0 radical (unpaired) electrons. The fourth-order valence-corrected chi connectivity index (χ4v) is 2.34. The molecule has 1 fully saturated rings. The van der Waals surface area contributed by atoms with Crippen LogP contribution in [0.2, 0.25) is 0 Å². The van der Waals surface area contributed by atoms with E-state index in [0.717, 1.165) is 5.69 Å². The zero-order valence-electron chi connectivity index (χ0n) is 12.0.